The van der Waals surface area contributed by atoms with E-state index in [1.807, 2.05) is 54.8 Å². The smallest absolute Gasteiger partial charge is 0.228 e. The molecule has 2 amide bonds. The number of para-hydroxylation sites is 1. The molecule has 0 aliphatic carbocycles. The molecule has 2 atom stereocenters. The van der Waals surface area contributed by atoms with E-state index in [4.69, 9.17) is 0 Å². The molecule has 1 aliphatic rings. The summed E-state index contributed by atoms with van der Waals surface area (Å²) in [4.78, 5) is 30.8. The molecular formula is C24H24N2O3S. The third kappa shape index (κ3) is 3.83. The molecule has 0 radical (unpaired) electrons. The summed E-state index contributed by atoms with van der Waals surface area (Å²) in [5, 5.41) is 12.0. The van der Waals surface area contributed by atoms with Crippen molar-refractivity contribution in [1.82, 2.24) is 4.90 Å². The molecule has 2 heterocycles. The summed E-state index contributed by atoms with van der Waals surface area (Å²) < 4.78 is 0. The molecule has 0 bridgehead atoms. The van der Waals surface area contributed by atoms with Gasteiger partial charge >= 0.3 is 0 Å². The van der Waals surface area contributed by atoms with Gasteiger partial charge in [0.1, 0.15) is 5.75 Å². The van der Waals surface area contributed by atoms with Crippen LogP contribution in [0.15, 0.2) is 66.0 Å². The lowest BCUT2D eigenvalue weighted by molar-refractivity contribution is -0.135. The van der Waals surface area contributed by atoms with Crippen molar-refractivity contribution >= 4 is 28.8 Å². The number of phenols is 1. The third-order valence-corrected chi connectivity index (χ3v) is 6.50. The average molecular weight is 421 g/mol. The minimum Gasteiger partial charge on any atom is -0.508 e. The van der Waals surface area contributed by atoms with Crippen LogP contribution in [0.4, 0.5) is 5.69 Å². The largest absolute Gasteiger partial charge is 0.508 e. The molecule has 4 rings (SSSR count). The summed E-state index contributed by atoms with van der Waals surface area (Å²) >= 11 is 1.56. The van der Waals surface area contributed by atoms with Crippen LogP contribution < -0.4 is 4.90 Å². The summed E-state index contributed by atoms with van der Waals surface area (Å²) in [5.74, 6) is -0.463. The van der Waals surface area contributed by atoms with Crippen LogP contribution >= 0.6 is 11.3 Å². The Labute approximate surface area is 180 Å². The lowest BCUT2D eigenvalue weighted by Crippen LogP contribution is -2.36. The van der Waals surface area contributed by atoms with Crippen LogP contribution in [-0.4, -0.2) is 28.9 Å². The number of aromatic hydroxyl groups is 1. The number of thiophene rings is 1. The van der Waals surface area contributed by atoms with Crippen LogP contribution in [0.25, 0.3) is 0 Å². The van der Waals surface area contributed by atoms with Gasteiger partial charge in [0.15, 0.2) is 0 Å². The minimum absolute atomic E-state index is 0.0495. The number of rotatable bonds is 5. The fraction of sp³-hybridized carbons (Fsp3) is 0.250. The molecule has 3 aromatic rings. The maximum atomic E-state index is 13.4. The summed E-state index contributed by atoms with van der Waals surface area (Å²) in [6.45, 7) is 2.30. The number of anilines is 1. The zero-order valence-corrected chi connectivity index (χ0v) is 17.8. The molecule has 1 fully saturated rings. The van der Waals surface area contributed by atoms with Gasteiger partial charge in [0, 0.05) is 36.1 Å². The van der Waals surface area contributed by atoms with Crippen molar-refractivity contribution in [3.63, 3.8) is 0 Å². The number of phenolic OH excluding ortho intramolecular Hbond substituents is 1. The molecule has 1 N–H and O–H groups in total. The topological polar surface area (TPSA) is 60.9 Å². The fourth-order valence-electron chi connectivity index (χ4n) is 4.01. The molecule has 1 aromatic heterocycles. The first-order valence-corrected chi connectivity index (χ1v) is 10.8. The zero-order chi connectivity index (χ0) is 21.3. The average Bonchev–Trinajstić information content (AvgIpc) is 3.37. The van der Waals surface area contributed by atoms with E-state index in [0.717, 1.165) is 16.1 Å². The van der Waals surface area contributed by atoms with E-state index in [0.29, 0.717) is 5.56 Å². The van der Waals surface area contributed by atoms with Gasteiger partial charge in [0.05, 0.1) is 12.0 Å². The first-order valence-electron chi connectivity index (χ1n) is 9.89. The first kappa shape index (κ1) is 20.2. The van der Waals surface area contributed by atoms with Gasteiger partial charge in [-0.05, 0) is 36.6 Å². The van der Waals surface area contributed by atoms with Gasteiger partial charge in [-0.1, -0.05) is 42.0 Å². The molecule has 0 spiro atoms. The number of hydrogen-bond acceptors (Lipinski definition) is 4. The molecule has 2 aromatic carbocycles. The molecule has 6 heteroatoms. The lowest BCUT2D eigenvalue weighted by Gasteiger charge is -2.29. The van der Waals surface area contributed by atoms with Crippen molar-refractivity contribution < 1.29 is 14.7 Å². The van der Waals surface area contributed by atoms with Crippen LogP contribution in [0.1, 0.15) is 28.5 Å². The second-order valence-electron chi connectivity index (χ2n) is 7.69. The van der Waals surface area contributed by atoms with Crippen molar-refractivity contribution in [3.05, 3.63) is 82.0 Å². The Hall–Kier alpha value is -3.12. The summed E-state index contributed by atoms with van der Waals surface area (Å²) in [5.41, 5.74) is 2.61. The molecule has 30 heavy (non-hydrogen) atoms. The fourth-order valence-corrected chi connectivity index (χ4v) is 4.89. The molecule has 5 nitrogen and oxygen atoms in total. The normalized spacial score (nSPS) is 18.6. The summed E-state index contributed by atoms with van der Waals surface area (Å²) in [6, 6.07) is 18.4. The number of nitrogens with zero attached hydrogens (tertiary/aromatic N) is 2. The Morgan fingerprint density at radius 3 is 2.53 bits per heavy atom. The molecular weight excluding hydrogens is 396 g/mol. The van der Waals surface area contributed by atoms with Crippen LogP contribution in [0.5, 0.6) is 5.75 Å². The van der Waals surface area contributed by atoms with Gasteiger partial charge < -0.3 is 14.9 Å². The Morgan fingerprint density at radius 1 is 1.13 bits per heavy atom. The van der Waals surface area contributed by atoms with Gasteiger partial charge in [0.2, 0.25) is 11.8 Å². The minimum atomic E-state index is -0.478. The highest BCUT2D eigenvalue weighted by atomic mass is 32.1. The van der Waals surface area contributed by atoms with E-state index in [1.165, 1.54) is 0 Å². The molecule has 1 aliphatic heterocycles. The number of aryl methyl sites for hydroxylation is 1. The molecule has 0 unspecified atom stereocenters. The SMILES string of the molecule is Cc1ccc(N2C(=O)C[C@H](C(=O)N(C)Cc3ccccc3O)[C@H]2c2cccs2)cc1. The van der Waals surface area contributed by atoms with Crippen molar-refractivity contribution in [2.45, 2.75) is 25.9 Å². The van der Waals surface area contributed by atoms with Crippen molar-refractivity contribution in [2.75, 3.05) is 11.9 Å². The van der Waals surface area contributed by atoms with Crippen LogP contribution in [-0.2, 0) is 16.1 Å². The number of carbonyl (C=O) groups excluding carboxylic acids is 2. The van der Waals surface area contributed by atoms with Crippen molar-refractivity contribution in [1.29, 1.82) is 0 Å². The van der Waals surface area contributed by atoms with E-state index in [1.54, 1.807) is 46.4 Å². The number of amides is 2. The Kier molecular flexibility index (Phi) is 5.59. The standard InChI is InChI=1S/C24H24N2O3S/c1-16-9-11-18(12-10-16)26-22(28)14-19(23(26)21-8-5-13-30-21)24(29)25(2)15-17-6-3-4-7-20(17)27/h3-13,19,23,27H,14-15H2,1-2H3/t19-,23-/m0/s1. The van der Waals surface area contributed by atoms with E-state index < -0.39 is 5.92 Å². The lowest BCUT2D eigenvalue weighted by atomic mass is 9.96. The molecule has 154 valence electrons. The van der Waals surface area contributed by atoms with Crippen molar-refractivity contribution in [2.24, 2.45) is 5.92 Å². The maximum Gasteiger partial charge on any atom is 0.228 e. The van der Waals surface area contributed by atoms with E-state index >= 15 is 0 Å². The van der Waals surface area contributed by atoms with Gasteiger partial charge in [-0.25, -0.2) is 0 Å². The van der Waals surface area contributed by atoms with Crippen LogP contribution in [0, 0.1) is 12.8 Å². The summed E-state index contributed by atoms with van der Waals surface area (Å²) in [6.07, 6.45) is 0.167. The van der Waals surface area contributed by atoms with E-state index in [9.17, 15) is 14.7 Å². The predicted octanol–water partition coefficient (Wildman–Crippen LogP) is 4.51. The van der Waals surface area contributed by atoms with Crippen LogP contribution in [0.2, 0.25) is 0 Å². The monoisotopic (exact) mass is 420 g/mol. The Morgan fingerprint density at radius 2 is 1.87 bits per heavy atom. The number of benzene rings is 2. The summed E-state index contributed by atoms with van der Waals surface area (Å²) in [7, 11) is 1.72. The van der Waals surface area contributed by atoms with E-state index in [-0.39, 0.29) is 36.6 Å². The molecule has 0 saturated carbocycles. The number of carbonyl (C=O) groups is 2. The first-order chi connectivity index (χ1) is 14.5. The highest BCUT2D eigenvalue weighted by molar-refractivity contribution is 7.10. The Bertz CT molecular complexity index is 1050. The van der Waals surface area contributed by atoms with Gasteiger partial charge in [-0.15, -0.1) is 11.3 Å². The Balaban J connectivity index is 1.64. The number of hydrogen-bond donors (Lipinski definition) is 1. The maximum absolute atomic E-state index is 13.4. The van der Waals surface area contributed by atoms with Gasteiger partial charge in [0.25, 0.3) is 0 Å². The second-order valence-corrected chi connectivity index (χ2v) is 8.67. The highest BCUT2D eigenvalue weighted by Crippen LogP contribution is 2.43. The van der Waals surface area contributed by atoms with Gasteiger partial charge in [-0.3, -0.25) is 9.59 Å². The van der Waals surface area contributed by atoms with Crippen LogP contribution in [0.3, 0.4) is 0 Å². The van der Waals surface area contributed by atoms with E-state index in [2.05, 4.69) is 0 Å². The predicted molar refractivity (Wildman–Crippen MR) is 118 cm³/mol. The zero-order valence-electron chi connectivity index (χ0n) is 17.0. The van der Waals surface area contributed by atoms with Gasteiger partial charge in [-0.2, -0.15) is 0 Å². The van der Waals surface area contributed by atoms with Crippen molar-refractivity contribution in [3.8, 4) is 5.75 Å². The highest BCUT2D eigenvalue weighted by Gasteiger charge is 2.46. The third-order valence-electron chi connectivity index (χ3n) is 5.56. The second kappa shape index (κ2) is 8.32. The molecule has 1 saturated heterocycles. The quantitative estimate of drug-likeness (QED) is 0.660.